The van der Waals surface area contributed by atoms with Crippen LogP contribution >= 0.6 is 0 Å². The molecule has 1 aliphatic carbocycles. The minimum Gasteiger partial charge on any atom is -0.341 e. The molecule has 1 atom stereocenters. The highest BCUT2D eigenvalue weighted by molar-refractivity contribution is 5.80. The molecule has 1 unspecified atom stereocenters. The molecule has 0 N–H and O–H groups in total. The highest BCUT2D eigenvalue weighted by Crippen LogP contribution is 2.27. The molecule has 2 aromatic heterocycles. The summed E-state index contributed by atoms with van der Waals surface area (Å²) in [6.07, 6.45) is 9.97. The van der Waals surface area contributed by atoms with E-state index in [4.69, 9.17) is 0 Å². The van der Waals surface area contributed by atoms with Crippen LogP contribution in [0.3, 0.4) is 0 Å². The first kappa shape index (κ1) is 19.8. The van der Waals surface area contributed by atoms with Gasteiger partial charge in [0.25, 0.3) is 0 Å². The molecule has 1 saturated carbocycles. The van der Waals surface area contributed by atoms with E-state index in [1.165, 1.54) is 6.42 Å². The Morgan fingerprint density at radius 2 is 1.76 bits per heavy atom. The summed E-state index contributed by atoms with van der Waals surface area (Å²) in [6.45, 7) is 4.27. The van der Waals surface area contributed by atoms with Gasteiger partial charge in [-0.1, -0.05) is 19.3 Å². The Morgan fingerprint density at radius 1 is 1.00 bits per heavy atom. The molecular formula is C23H30N4O2. The lowest BCUT2D eigenvalue weighted by Crippen LogP contribution is -2.41. The SMILES string of the molecule is CC(=O)N1CCN(C(=O)C2CCCCC2)CC(Cc2ccnc3cccnc23)C1. The summed E-state index contributed by atoms with van der Waals surface area (Å²) >= 11 is 0. The zero-order valence-corrected chi connectivity index (χ0v) is 17.2. The maximum Gasteiger partial charge on any atom is 0.225 e. The standard InChI is InChI=1S/C23H30N4O2/c1-17(28)26-12-13-27(23(29)19-6-3-2-4-7-19)16-18(15-26)14-20-9-11-24-21-8-5-10-25-22(20)21/h5,8-11,18-19H,2-4,6-7,12-16H2,1H3. The van der Waals surface area contributed by atoms with Crippen molar-refractivity contribution in [2.45, 2.75) is 45.4 Å². The van der Waals surface area contributed by atoms with Crippen LogP contribution in [0, 0.1) is 11.8 Å². The molecule has 1 saturated heterocycles. The van der Waals surface area contributed by atoms with Gasteiger partial charge in [-0.3, -0.25) is 19.6 Å². The Morgan fingerprint density at radius 3 is 2.55 bits per heavy atom. The molecule has 29 heavy (non-hydrogen) atoms. The molecule has 0 aromatic carbocycles. The Kier molecular flexibility index (Phi) is 6.07. The van der Waals surface area contributed by atoms with E-state index in [1.54, 1.807) is 13.1 Å². The highest BCUT2D eigenvalue weighted by atomic mass is 16.2. The third-order valence-electron chi connectivity index (χ3n) is 6.40. The van der Waals surface area contributed by atoms with Gasteiger partial charge in [0.1, 0.15) is 0 Å². The first-order chi connectivity index (χ1) is 14.1. The van der Waals surface area contributed by atoms with Crippen molar-refractivity contribution in [2.24, 2.45) is 11.8 Å². The van der Waals surface area contributed by atoms with E-state index in [2.05, 4.69) is 9.97 Å². The molecule has 3 heterocycles. The van der Waals surface area contributed by atoms with Gasteiger partial charge in [-0.15, -0.1) is 0 Å². The van der Waals surface area contributed by atoms with Crippen LogP contribution in [0.5, 0.6) is 0 Å². The summed E-state index contributed by atoms with van der Waals surface area (Å²) in [5.41, 5.74) is 2.94. The number of amides is 2. The van der Waals surface area contributed by atoms with Crippen LogP contribution in [0.1, 0.15) is 44.6 Å². The molecule has 0 spiro atoms. The first-order valence-electron chi connectivity index (χ1n) is 10.8. The molecule has 2 aliphatic rings. The van der Waals surface area contributed by atoms with Crippen molar-refractivity contribution in [2.75, 3.05) is 26.2 Å². The van der Waals surface area contributed by atoms with Crippen LogP contribution in [0.4, 0.5) is 0 Å². The van der Waals surface area contributed by atoms with Gasteiger partial charge in [0.2, 0.25) is 11.8 Å². The Balaban J connectivity index is 1.55. The summed E-state index contributed by atoms with van der Waals surface area (Å²) in [5, 5.41) is 0. The van der Waals surface area contributed by atoms with Gasteiger partial charge in [0.15, 0.2) is 0 Å². The number of nitrogens with zero attached hydrogens (tertiary/aromatic N) is 4. The van der Waals surface area contributed by atoms with Gasteiger partial charge in [-0.2, -0.15) is 0 Å². The molecular weight excluding hydrogens is 364 g/mol. The van der Waals surface area contributed by atoms with E-state index in [9.17, 15) is 9.59 Å². The molecule has 6 heteroatoms. The molecule has 2 aromatic rings. The lowest BCUT2D eigenvalue weighted by atomic mass is 9.88. The predicted octanol–water partition coefficient (Wildman–Crippen LogP) is 3.06. The summed E-state index contributed by atoms with van der Waals surface area (Å²) < 4.78 is 0. The smallest absolute Gasteiger partial charge is 0.225 e. The maximum atomic E-state index is 13.2. The largest absolute Gasteiger partial charge is 0.341 e. The maximum absolute atomic E-state index is 13.2. The van der Waals surface area contributed by atoms with Crippen LogP contribution in [-0.4, -0.2) is 57.8 Å². The molecule has 154 valence electrons. The van der Waals surface area contributed by atoms with Gasteiger partial charge in [-0.05, 0) is 48.9 Å². The quantitative estimate of drug-likeness (QED) is 0.802. The van der Waals surface area contributed by atoms with Crippen LogP contribution in [0.2, 0.25) is 0 Å². The van der Waals surface area contributed by atoms with Crippen molar-refractivity contribution in [3.63, 3.8) is 0 Å². The van der Waals surface area contributed by atoms with E-state index >= 15 is 0 Å². The number of hydrogen-bond acceptors (Lipinski definition) is 4. The third-order valence-corrected chi connectivity index (χ3v) is 6.40. The van der Waals surface area contributed by atoms with Crippen molar-refractivity contribution >= 4 is 22.8 Å². The van der Waals surface area contributed by atoms with Crippen molar-refractivity contribution in [3.05, 3.63) is 36.2 Å². The van der Waals surface area contributed by atoms with Crippen molar-refractivity contribution in [1.29, 1.82) is 0 Å². The van der Waals surface area contributed by atoms with E-state index < -0.39 is 0 Å². The lowest BCUT2D eigenvalue weighted by Gasteiger charge is -2.30. The van der Waals surface area contributed by atoms with E-state index in [-0.39, 0.29) is 23.7 Å². The van der Waals surface area contributed by atoms with Crippen LogP contribution < -0.4 is 0 Å². The molecule has 6 nitrogen and oxygen atoms in total. The lowest BCUT2D eigenvalue weighted by molar-refractivity contribution is -0.137. The fraction of sp³-hybridized carbons (Fsp3) is 0.565. The van der Waals surface area contributed by atoms with E-state index in [0.717, 1.165) is 48.7 Å². The van der Waals surface area contributed by atoms with Crippen LogP contribution in [-0.2, 0) is 16.0 Å². The zero-order chi connectivity index (χ0) is 20.2. The number of aromatic nitrogens is 2. The third kappa shape index (κ3) is 4.57. The number of rotatable bonds is 3. The minimum absolute atomic E-state index is 0.0830. The monoisotopic (exact) mass is 394 g/mol. The van der Waals surface area contributed by atoms with Crippen molar-refractivity contribution < 1.29 is 9.59 Å². The minimum atomic E-state index is 0.0830. The molecule has 4 rings (SSSR count). The van der Waals surface area contributed by atoms with Gasteiger partial charge in [0, 0.05) is 51.4 Å². The fourth-order valence-corrected chi connectivity index (χ4v) is 4.84. The summed E-state index contributed by atoms with van der Waals surface area (Å²) in [4.78, 5) is 38.2. The second-order valence-electron chi connectivity index (χ2n) is 8.50. The topological polar surface area (TPSA) is 66.4 Å². The highest BCUT2D eigenvalue weighted by Gasteiger charge is 2.31. The first-order valence-corrected chi connectivity index (χ1v) is 10.8. The molecule has 0 radical (unpaired) electrons. The van der Waals surface area contributed by atoms with Crippen LogP contribution in [0.15, 0.2) is 30.6 Å². The average molecular weight is 395 g/mol. The summed E-state index contributed by atoms with van der Waals surface area (Å²) in [5.74, 6) is 0.732. The predicted molar refractivity (Wildman–Crippen MR) is 112 cm³/mol. The van der Waals surface area contributed by atoms with Gasteiger partial charge in [0.05, 0.1) is 11.0 Å². The Bertz CT molecular complexity index is 873. The fourth-order valence-electron chi connectivity index (χ4n) is 4.84. The van der Waals surface area contributed by atoms with Crippen molar-refractivity contribution in [3.8, 4) is 0 Å². The Hall–Kier alpha value is -2.50. The average Bonchev–Trinajstić information content (AvgIpc) is 2.97. The van der Waals surface area contributed by atoms with Gasteiger partial charge >= 0.3 is 0 Å². The summed E-state index contributed by atoms with van der Waals surface area (Å²) in [6, 6.07) is 5.89. The van der Waals surface area contributed by atoms with Crippen molar-refractivity contribution in [1.82, 2.24) is 19.8 Å². The Labute approximate surface area is 172 Å². The van der Waals surface area contributed by atoms with Gasteiger partial charge < -0.3 is 9.80 Å². The van der Waals surface area contributed by atoms with Gasteiger partial charge in [-0.25, -0.2) is 0 Å². The molecule has 1 aliphatic heterocycles. The zero-order valence-electron chi connectivity index (χ0n) is 17.2. The second kappa shape index (κ2) is 8.89. The normalized spacial score (nSPS) is 21.2. The molecule has 0 bridgehead atoms. The molecule has 2 amide bonds. The van der Waals surface area contributed by atoms with E-state index in [0.29, 0.717) is 26.2 Å². The number of fused-ring (bicyclic) bond motifs is 1. The number of hydrogen-bond donors (Lipinski definition) is 0. The van der Waals surface area contributed by atoms with E-state index in [1.807, 2.05) is 34.2 Å². The summed E-state index contributed by atoms with van der Waals surface area (Å²) in [7, 11) is 0. The number of carbonyl (C=O) groups excluding carboxylic acids is 2. The second-order valence-corrected chi connectivity index (χ2v) is 8.50. The van der Waals surface area contributed by atoms with Crippen LogP contribution in [0.25, 0.3) is 11.0 Å². The number of carbonyl (C=O) groups is 2. The number of pyridine rings is 2. The molecule has 2 fully saturated rings.